The minimum absolute atomic E-state index is 0.433. The Kier molecular flexibility index (Phi) is 3.72. The summed E-state index contributed by atoms with van der Waals surface area (Å²) in [4.78, 5) is 4.39. The summed E-state index contributed by atoms with van der Waals surface area (Å²) in [6.07, 6.45) is 7.26. The first-order valence-corrected chi connectivity index (χ1v) is 7.34. The third kappa shape index (κ3) is 2.60. The second-order valence-corrected chi connectivity index (χ2v) is 5.85. The zero-order valence-electron chi connectivity index (χ0n) is 10.8. The molecule has 1 N–H and O–H groups in total. The number of benzene rings is 1. The van der Waals surface area contributed by atoms with Crippen LogP contribution in [0.15, 0.2) is 30.5 Å². The standard InChI is InChI=1S/C16H18ClNO/c17-14-8-7-13(16-12(14)6-3-9-18-16)15(19)10-11-4-1-2-5-11/h3,6-9,11,15,19H,1-2,4-5,10H2. The van der Waals surface area contributed by atoms with Crippen molar-refractivity contribution in [2.24, 2.45) is 5.92 Å². The minimum Gasteiger partial charge on any atom is -0.388 e. The van der Waals surface area contributed by atoms with E-state index in [4.69, 9.17) is 11.6 Å². The van der Waals surface area contributed by atoms with Gasteiger partial charge in [-0.25, -0.2) is 0 Å². The van der Waals surface area contributed by atoms with Crippen LogP contribution in [0.2, 0.25) is 5.02 Å². The number of halogens is 1. The highest BCUT2D eigenvalue weighted by molar-refractivity contribution is 6.35. The van der Waals surface area contributed by atoms with Crippen LogP contribution in [0.1, 0.15) is 43.8 Å². The minimum atomic E-state index is -0.433. The van der Waals surface area contributed by atoms with Crippen LogP contribution in [-0.2, 0) is 0 Å². The zero-order chi connectivity index (χ0) is 13.2. The molecule has 1 aromatic carbocycles. The van der Waals surface area contributed by atoms with E-state index in [1.54, 1.807) is 6.20 Å². The summed E-state index contributed by atoms with van der Waals surface area (Å²) >= 11 is 6.18. The van der Waals surface area contributed by atoms with E-state index in [-0.39, 0.29) is 0 Å². The van der Waals surface area contributed by atoms with Gasteiger partial charge in [0.25, 0.3) is 0 Å². The highest BCUT2D eigenvalue weighted by Crippen LogP contribution is 2.35. The van der Waals surface area contributed by atoms with Crippen molar-refractivity contribution < 1.29 is 5.11 Å². The topological polar surface area (TPSA) is 33.1 Å². The fourth-order valence-electron chi connectivity index (χ4n) is 3.12. The number of aliphatic hydroxyl groups excluding tert-OH is 1. The number of nitrogens with zero attached hydrogens (tertiary/aromatic N) is 1. The maximum Gasteiger partial charge on any atom is 0.0813 e. The van der Waals surface area contributed by atoms with Crippen LogP contribution < -0.4 is 0 Å². The van der Waals surface area contributed by atoms with Gasteiger partial charge in [-0.05, 0) is 30.5 Å². The molecular weight excluding hydrogens is 258 g/mol. The highest BCUT2D eigenvalue weighted by atomic mass is 35.5. The van der Waals surface area contributed by atoms with Gasteiger partial charge in [-0.3, -0.25) is 4.98 Å². The Hall–Kier alpha value is -1.12. The molecule has 3 rings (SSSR count). The Labute approximate surface area is 118 Å². The summed E-state index contributed by atoms with van der Waals surface area (Å²) in [6, 6.07) is 7.61. The summed E-state index contributed by atoms with van der Waals surface area (Å²) in [5.41, 5.74) is 1.74. The average Bonchev–Trinajstić information content (AvgIpc) is 2.92. The molecule has 1 saturated carbocycles. The fraction of sp³-hybridized carbons (Fsp3) is 0.438. The van der Waals surface area contributed by atoms with Crippen molar-refractivity contribution >= 4 is 22.5 Å². The Morgan fingerprint density at radius 3 is 2.84 bits per heavy atom. The molecule has 1 fully saturated rings. The fourth-order valence-corrected chi connectivity index (χ4v) is 3.33. The van der Waals surface area contributed by atoms with Gasteiger partial charge in [0.05, 0.1) is 11.6 Å². The zero-order valence-corrected chi connectivity index (χ0v) is 11.6. The Morgan fingerprint density at radius 2 is 2.05 bits per heavy atom. The molecule has 0 aliphatic heterocycles. The van der Waals surface area contributed by atoms with Crippen LogP contribution in [0.3, 0.4) is 0 Å². The van der Waals surface area contributed by atoms with E-state index in [1.165, 1.54) is 25.7 Å². The Morgan fingerprint density at radius 1 is 1.26 bits per heavy atom. The first kappa shape index (κ1) is 12.9. The van der Waals surface area contributed by atoms with E-state index in [0.717, 1.165) is 22.9 Å². The lowest BCUT2D eigenvalue weighted by Gasteiger charge is -2.17. The number of fused-ring (bicyclic) bond motifs is 1. The predicted octanol–water partition coefficient (Wildman–Crippen LogP) is 4.50. The second kappa shape index (κ2) is 5.48. The van der Waals surface area contributed by atoms with Crippen molar-refractivity contribution in [2.45, 2.75) is 38.2 Å². The van der Waals surface area contributed by atoms with Crippen molar-refractivity contribution in [1.82, 2.24) is 4.98 Å². The van der Waals surface area contributed by atoms with Crippen LogP contribution >= 0.6 is 11.6 Å². The van der Waals surface area contributed by atoms with Crippen LogP contribution in [0.4, 0.5) is 0 Å². The van der Waals surface area contributed by atoms with Gasteiger partial charge in [0.2, 0.25) is 0 Å². The molecule has 0 bridgehead atoms. The number of hydrogen-bond donors (Lipinski definition) is 1. The van der Waals surface area contributed by atoms with Crippen molar-refractivity contribution in [1.29, 1.82) is 0 Å². The maximum absolute atomic E-state index is 10.5. The van der Waals surface area contributed by atoms with Gasteiger partial charge >= 0.3 is 0 Å². The van der Waals surface area contributed by atoms with Gasteiger partial charge in [0.1, 0.15) is 0 Å². The third-order valence-electron chi connectivity index (χ3n) is 4.14. The maximum atomic E-state index is 10.5. The Bertz CT molecular complexity index is 578. The molecule has 0 saturated heterocycles. The average molecular weight is 276 g/mol. The lowest BCUT2D eigenvalue weighted by Crippen LogP contribution is -2.05. The van der Waals surface area contributed by atoms with Crippen LogP contribution in [0, 0.1) is 5.92 Å². The van der Waals surface area contributed by atoms with E-state index in [2.05, 4.69) is 4.98 Å². The second-order valence-electron chi connectivity index (χ2n) is 5.44. The molecule has 1 aliphatic rings. The van der Waals surface area contributed by atoms with E-state index in [1.807, 2.05) is 24.3 Å². The summed E-state index contributed by atoms with van der Waals surface area (Å²) in [5, 5.41) is 12.1. The smallest absolute Gasteiger partial charge is 0.0813 e. The molecule has 100 valence electrons. The van der Waals surface area contributed by atoms with Crippen molar-refractivity contribution in [3.8, 4) is 0 Å². The van der Waals surface area contributed by atoms with Gasteiger partial charge in [-0.2, -0.15) is 0 Å². The predicted molar refractivity (Wildman–Crippen MR) is 78.3 cm³/mol. The van der Waals surface area contributed by atoms with Crippen molar-refractivity contribution in [3.05, 3.63) is 41.0 Å². The molecular formula is C16H18ClNO. The van der Waals surface area contributed by atoms with Gasteiger partial charge in [0.15, 0.2) is 0 Å². The molecule has 0 amide bonds. The van der Waals surface area contributed by atoms with Gasteiger partial charge < -0.3 is 5.11 Å². The first-order valence-electron chi connectivity index (χ1n) is 6.97. The molecule has 19 heavy (non-hydrogen) atoms. The van der Waals surface area contributed by atoms with Crippen molar-refractivity contribution in [3.63, 3.8) is 0 Å². The van der Waals surface area contributed by atoms with Crippen LogP contribution in [0.25, 0.3) is 10.9 Å². The lowest BCUT2D eigenvalue weighted by atomic mass is 9.94. The van der Waals surface area contributed by atoms with Crippen LogP contribution in [0.5, 0.6) is 0 Å². The number of aliphatic hydroxyl groups is 1. The van der Waals surface area contributed by atoms with Gasteiger partial charge in [0, 0.05) is 22.2 Å². The van der Waals surface area contributed by atoms with E-state index in [0.29, 0.717) is 10.9 Å². The van der Waals surface area contributed by atoms with Crippen molar-refractivity contribution in [2.75, 3.05) is 0 Å². The molecule has 1 aromatic heterocycles. The Balaban J connectivity index is 1.93. The largest absolute Gasteiger partial charge is 0.388 e. The molecule has 3 heteroatoms. The number of aromatic nitrogens is 1. The lowest BCUT2D eigenvalue weighted by molar-refractivity contribution is 0.146. The van der Waals surface area contributed by atoms with E-state index < -0.39 is 6.10 Å². The SMILES string of the molecule is OC(CC1CCCC1)c1ccc(Cl)c2cccnc12. The molecule has 0 radical (unpaired) electrons. The number of rotatable bonds is 3. The molecule has 0 spiro atoms. The van der Waals surface area contributed by atoms with Gasteiger partial charge in [-0.1, -0.05) is 43.4 Å². The summed E-state index contributed by atoms with van der Waals surface area (Å²) in [5.74, 6) is 0.657. The monoisotopic (exact) mass is 275 g/mol. The molecule has 2 aromatic rings. The normalized spacial score (nSPS) is 18.0. The molecule has 2 nitrogen and oxygen atoms in total. The van der Waals surface area contributed by atoms with Gasteiger partial charge in [-0.15, -0.1) is 0 Å². The molecule has 1 atom stereocenters. The summed E-state index contributed by atoms with van der Waals surface area (Å²) < 4.78 is 0. The number of hydrogen-bond acceptors (Lipinski definition) is 2. The quantitative estimate of drug-likeness (QED) is 0.894. The summed E-state index contributed by atoms with van der Waals surface area (Å²) in [7, 11) is 0. The number of pyridine rings is 1. The first-order chi connectivity index (χ1) is 9.25. The third-order valence-corrected chi connectivity index (χ3v) is 4.47. The van der Waals surface area contributed by atoms with Crippen LogP contribution in [-0.4, -0.2) is 10.1 Å². The molecule has 1 aliphatic carbocycles. The van der Waals surface area contributed by atoms with E-state index in [9.17, 15) is 5.11 Å². The van der Waals surface area contributed by atoms with E-state index >= 15 is 0 Å². The summed E-state index contributed by atoms with van der Waals surface area (Å²) in [6.45, 7) is 0. The molecule has 1 unspecified atom stereocenters. The molecule has 1 heterocycles. The highest BCUT2D eigenvalue weighted by Gasteiger charge is 2.21.